The number of hydrogen-bond donors (Lipinski definition) is 1. The molecule has 1 fully saturated rings. The summed E-state index contributed by atoms with van der Waals surface area (Å²) >= 11 is 0. The van der Waals surface area contributed by atoms with Crippen molar-refractivity contribution in [2.45, 2.75) is 46.6 Å². The Balaban J connectivity index is 0.00000102. The zero-order chi connectivity index (χ0) is 19.2. The van der Waals surface area contributed by atoms with E-state index in [2.05, 4.69) is 66.6 Å². The van der Waals surface area contributed by atoms with Crippen molar-refractivity contribution < 1.29 is 4.74 Å². The van der Waals surface area contributed by atoms with E-state index >= 15 is 0 Å². The van der Waals surface area contributed by atoms with E-state index in [0.717, 1.165) is 29.5 Å². The smallest absolute Gasteiger partial charge is 0.122 e. The molecule has 0 amide bonds. The number of ether oxygens (including phenoxy) is 1. The SMILES string of the molecule is CC.CC1=CC=CC(c2cccnc2-c2ccc(C)c(OCC3CC3)c2)N1. The largest absolute Gasteiger partial charge is 0.493 e. The van der Waals surface area contributed by atoms with E-state index in [1.54, 1.807) is 0 Å². The second-order valence-electron chi connectivity index (χ2n) is 7.03. The molecule has 0 saturated heterocycles. The van der Waals surface area contributed by atoms with Crippen LogP contribution in [0.25, 0.3) is 11.3 Å². The molecule has 1 unspecified atom stereocenters. The van der Waals surface area contributed by atoms with Gasteiger partial charge in [-0.15, -0.1) is 0 Å². The van der Waals surface area contributed by atoms with Gasteiger partial charge in [0.1, 0.15) is 5.75 Å². The molecular weight excluding hydrogens is 332 g/mol. The summed E-state index contributed by atoms with van der Waals surface area (Å²) in [4.78, 5) is 4.68. The van der Waals surface area contributed by atoms with Crippen LogP contribution in [0.15, 0.2) is 60.5 Å². The van der Waals surface area contributed by atoms with Crippen LogP contribution in [0.1, 0.15) is 50.8 Å². The Labute approximate surface area is 163 Å². The summed E-state index contributed by atoms with van der Waals surface area (Å²) in [5.74, 6) is 1.73. The monoisotopic (exact) mass is 362 g/mol. The first-order valence-corrected chi connectivity index (χ1v) is 10.0. The molecule has 0 spiro atoms. The quantitative estimate of drug-likeness (QED) is 0.711. The normalized spacial score (nSPS) is 18.1. The summed E-state index contributed by atoms with van der Waals surface area (Å²) in [5.41, 5.74) is 5.64. The molecule has 1 saturated carbocycles. The van der Waals surface area contributed by atoms with Crippen molar-refractivity contribution in [3.05, 3.63) is 71.6 Å². The van der Waals surface area contributed by atoms with Crippen LogP contribution in [0.2, 0.25) is 0 Å². The number of allylic oxidation sites excluding steroid dienone is 3. The summed E-state index contributed by atoms with van der Waals surface area (Å²) in [6.07, 6.45) is 10.8. The van der Waals surface area contributed by atoms with E-state index in [-0.39, 0.29) is 6.04 Å². The fourth-order valence-electron chi connectivity index (χ4n) is 3.14. The van der Waals surface area contributed by atoms with Crippen molar-refractivity contribution >= 4 is 0 Å². The number of dihydropyridines is 1. The Morgan fingerprint density at radius 2 is 1.96 bits per heavy atom. The highest BCUT2D eigenvalue weighted by Crippen LogP contribution is 2.34. The topological polar surface area (TPSA) is 34.1 Å². The number of nitrogens with zero attached hydrogens (tertiary/aromatic N) is 1. The molecule has 27 heavy (non-hydrogen) atoms. The van der Waals surface area contributed by atoms with Gasteiger partial charge in [-0.25, -0.2) is 0 Å². The Morgan fingerprint density at radius 1 is 1.15 bits per heavy atom. The Morgan fingerprint density at radius 3 is 2.70 bits per heavy atom. The molecule has 2 heterocycles. The maximum absolute atomic E-state index is 6.06. The van der Waals surface area contributed by atoms with Crippen molar-refractivity contribution in [1.82, 2.24) is 10.3 Å². The molecule has 1 N–H and O–H groups in total. The van der Waals surface area contributed by atoms with Gasteiger partial charge in [0, 0.05) is 23.0 Å². The van der Waals surface area contributed by atoms with Crippen molar-refractivity contribution in [1.29, 1.82) is 0 Å². The Bertz CT molecular complexity index is 834. The highest BCUT2D eigenvalue weighted by Gasteiger charge is 2.22. The van der Waals surface area contributed by atoms with Crippen LogP contribution < -0.4 is 10.1 Å². The third-order valence-electron chi connectivity index (χ3n) is 4.84. The van der Waals surface area contributed by atoms with E-state index in [4.69, 9.17) is 4.74 Å². The van der Waals surface area contributed by atoms with Gasteiger partial charge in [-0.2, -0.15) is 0 Å². The highest BCUT2D eigenvalue weighted by atomic mass is 16.5. The first kappa shape index (κ1) is 19.2. The standard InChI is InChI=1S/C22H24N2O.C2H6/c1-15-8-11-18(13-21(15)25-14-17-9-10-17)22-19(6-4-12-23-22)20-7-3-5-16(2)24-20;1-2/h3-8,11-13,17,20,24H,9-10,14H2,1-2H3;1-2H3. The minimum atomic E-state index is 0.144. The van der Waals surface area contributed by atoms with Gasteiger partial charge in [0.05, 0.1) is 18.3 Å². The number of nitrogens with one attached hydrogen (secondary N) is 1. The summed E-state index contributed by atoms with van der Waals surface area (Å²) in [6, 6.07) is 10.7. The predicted octanol–water partition coefficient (Wildman–Crippen LogP) is 5.98. The van der Waals surface area contributed by atoms with Crippen molar-refractivity contribution in [3.8, 4) is 17.0 Å². The van der Waals surface area contributed by atoms with Crippen LogP contribution in [-0.2, 0) is 0 Å². The summed E-state index contributed by atoms with van der Waals surface area (Å²) < 4.78 is 6.06. The maximum Gasteiger partial charge on any atom is 0.122 e. The van der Waals surface area contributed by atoms with Crippen LogP contribution in [0, 0.1) is 12.8 Å². The molecular formula is C24H30N2O. The van der Waals surface area contributed by atoms with Gasteiger partial charge < -0.3 is 10.1 Å². The van der Waals surface area contributed by atoms with Crippen LogP contribution in [0.5, 0.6) is 5.75 Å². The molecule has 0 bridgehead atoms. The first-order valence-electron chi connectivity index (χ1n) is 10.0. The van der Waals surface area contributed by atoms with Gasteiger partial charge in [-0.3, -0.25) is 4.98 Å². The third-order valence-corrected chi connectivity index (χ3v) is 4.84. The lowest BCUT2D eigenvalue weighted by Crippen LogP contribution is -2.20. The molecule has 1 aromatic heterocycles. The number of aryl methyl sites for hydroxylation is 1. The first-order chi connectivity index (χ1) is 13.2. The Kier molecular flexibility index (Phi) is 6.33. The average Bonchev–Trinajstić information content (AvgIpc) is 3.53. The molecule has 1 aromatic carbocycles. The maximum atomic E-state index is 6.06. The Hall–Kier alpha value is -2.55. The van der Waals surface area contributed by atoms with Crippen LogP contribution >= 0.6 is 0 Å². The van der Waals surface area contributed by atoms with E-state index in [0.29, 0.717) is 0 Å². The van der Waals surface area contributed by atoms with E-state index < -0.39 is 0 Å². The highest BCUT2D eigenvalue weighted by molar-refractivity contribution is 5.67. The van der Waals surface area contributed by atoms with Crippen LogP contribution in [0.4, 0.5) is 0 Å². The number of pyridine rings is 1. The molecule has 1 aliphatic carbocycles. The zero-order valence-electron chi connectivity index (χ0n) is 16.8. The van der Waals surface area contributed by atoms with Crippen molar-refractivity contribution in [2.75, 3.05) is 6.61 Å². The minimum absolute atomic E-state index is 0.144. The van der Waals surface area contributed by atoms with Gasteiger partial charge in [-0.1, -0.05) is 44.2 Å². The van der Waals surface area contributed by atoms with Crippen LogP contribution in [0.3, 0.4) is 0 Å². The number of benzene rings is 1. The second-order valence-corrected chi connectivity index (χ2v) is 7.03. The molecule has 1 atom stereocenters. The van der Waals surface area contributed by atoms with Gasteiger partial charge in [0.25, 0.3) is 0 Å². The van der Waals surface area contributed by atoms with Gasteiger partial charge in [-0.05, 0) is 56.4 Å². The lowest BCUT2D eigenvalue weighted by atomic mass is 9.97. The van der Waals surface area contributed by atoms with Gasteiger partial charge in [0.15, 0.2) is 0 Å². The summed E-state index contributed by atoms with van der Waals surface area (Å²) in [6.45, 7) is 9.02. The number of aromatic nitrogens is 1. The third kappa shape index (κ3) is 4.79. The molecule has 0 radical (unpaired) electrons. The van der Waals surface area contributed by atoms with E-state index in [1.165, 1.54) is 29.7 Å². The molecule has 3 nitrogen and oxygen atoms in total. The predicted molar refractivity (Wildman–Crippen MR) is 113 cm³/mol. The fraction of sp³-hybridized carbons (Fsp3) is 0.375. The molecule has 142 valence electrons. The number of hydrogen-bond acceptors (Lipinski definition) is 3. The van der Waals surface area contributed by atoms with Crippen LogP contribution in [-0.4, -0.2) is 11.6 Å². The van der Waals surface area contributed by atoms with Crippen molar-refractivity contribution in [3.63, 3.8) is 0 Å². The minimum Gasteiger partial charge on any atom is -0.493 e. The fourth-order valence-corrected chi connectivity index (χ4v) is 3.14. The number of rotatable bonds is 5. The van der Waals surface area contributed by atoms with Crippen molar-refractivity contribution in [2.24, 2.45) is 5.92 Å². The van der Waals surface area contributed by atoms with E-state index in [9.17, 15) is 0 Å². The lowest BCUT2D eigenvalue weighted by Gasteiger charge is -2.22. The lowest BCUT2D eigenvalue weighted by molar-refractivity contribution is 0.298. The molecule has 2 aliphatic rings. The summed E-state index contributed by atoms with van der Waals surface area (Å²) in [7, 11) is 0. The summed E-state index contributed by atoms with van der Waals surface area (Å²) in [5, 5.41) is 3.52. The molecule has 2 aromatic rings. The zero-order valence-corrected chi connectivity index (χ0v) is 16.8. The second kappa shape index (κ2) is 8.90. The average molecular weight is 363 g/mol. The molecule has 4 rings (SSSR count). The van der Waals surface area contributed by atoms with E-state index in [1.807, 2.05) is 26.1 Å². The van der Waals surface area contributed by atoms with Gasteiger partial charge >= 0.3 is 0 Å². The molecule has 1 aliphatic heterocycles. The van der Waals surface area contributed by atoms with Gasteiger partial charge in [0.2, 0.25) is 0 Å². The molecule has 3 heteroatoms.